The smallest absolute Gasteiger partial charge is 0.0658 e. The van der Waals surface area contributed by atoms with Crippen LogP contribution in [0.25, 0.3) is 0 Å². The Morgan fingerprint density at radius 1 is 0.714 bits per heavy atom. The van der Waals surface area contributed by atoms with Crippen molar-refractivity contribution >= 4 is 7.85 Å². The van der Waals surface area contributed by atoms with E-state index in [1.807, 2.05) is 0 Å². The van der Waals surface area contributed by atoms with E-state index in [-0.39, 0.29) is 5.31 Å². The maximum absolute atomic E-state index is 6.75. The minimum atomic E-state index is 0.116. The summed E-state index contributed by atoms with van der Waals surface area (Å²) in [5.41, 5.74) is 0. The first kappa shape index (κ1) is 21.1. The summed E-state index contributed by atoms with van der Waals surface area (Å²) in [5.74, 6) is 0.799. The summed E-state index contributed by atoms with van der Waals surface area (Å²) in [5, 5.41) is 0.116. The summed E-state index contributed by atoms with van der Waals surface area (Å²) in [6.45, 7) is 9.26. The van der Waals surface area contributed by atoms with Crippen LogP contribution in [0.15, 0.2) is 0 Å². The highest BCUT2D eigenvalue weighted by molar-refractivity contribution is 6.15. The summed E-state index contributed by atoms with van der Waals surface area (Å²) in [6.07, 6.45) is 18.7. The van der Waals surface area contributed by atoms with Gasteiger partial charge in [-0.05, 0) is 5.92 Å². The van der Waals surface area contributed by atoms with E-state index in [1.54, 1.807) is 0 Å². The Morgan fingerprint density at radius 2 is 1.29 bits per heavy atom. The van der Waals surface area contributed by atoms with E-state index in [0.717, 1.165) is 5.92 Å². The molecule has 0 N–H and O–H groups in total. The lowest BCUT2D eigenvalue weighted by molar-refractivity contribution is 0.337. The van der Waals surface area contributed by atoms with Crippen molar-refractivity contribution in [2.45, 2.75) is 123 Å². The third kappa shape index (κ3) is 12.3. The van der Waals surface area contributed by atoms with Crippen molar-refractivity contribution in [1.29, 1.82) is 0 Å². The van der Waals surface area contributed by atoms with Crippen LogP contribution in [0.2, 0.25) is 5.31 Å². The van der Waals surface area contributed by atoms with Crippen molar-refractivity contribution in [2.24, 2.45) is 5.92 Å². The lowest BCUT2D eigenvalue weighted by atomic mass is 9.59. The average molecular weight is 292 g/mol. The fourth-order valence-electron chi connectivity index (χ4n) is 3.62. The maximum Gasteiger partial charge on any atom is 0.0746 e. The summed E-state index contributed by atoms with van der Waals surface area (Å²) in [7, 11) is 6.75. The van der Waals surface area contributed by atoms with E-state index in [0.29, 0.717) is 0 Å². The Balaban J connectivity index is 3.97. The first-order chi connectivity index (χ1) is 10.1. The van der Waals surface area contributed by atoms with Crippen molar-refractivity contribution in [3.8, 4) is 0 Å². The molecule has 0 aliphatic rings. The zero-order valence-corrected chi connectivity index (χ0v) is 15.6. The van der Waals surface area contributed by atoms with Crippen LogP contribution in [0.4, 0.5) is 0 Å². The van der Waals surface area contributed by atoms with Crippen LogP contribution in [-0.2, 0) is 0 Å². The van der Waals surface area contributed by atoms with Gasteiger partial charge in [0.25, 0.3) is 0 Å². The Morgan fingerprint density at radius 3 is 1.90 bits per heavy atom. The molecule has 0 amide bonds. The third-order valence-electron chi connectivity index (χ3n) is 4.83. The molecule has 0 bridgehead atoms. The van der Waals surface area contributed by atoms with E-state index >= 15 is 0 Å². The Hall–Kier alpha value is 0.0649. The largest absolute Gasteiger partial charge is 0.0746 e. The highest BCUT2D eigenvalue weighted by Gasteiger charge is 2.24. The molecule has 2 unspecified atom stereocenters. The lowest BCUT2D eigenvalue weighted by Gasteiger charge is -2.33. The normalized spacial score (nSPS) is 15.8. The van der Waals surface area contributed by atoms with Crippen LogP contribution in [-0.4, -0.2) is 7.85 Å². The molecule has 0 nitrogen and oxygen atoms in total. The summed E-state index contributed by atoms with van der Waals surface area (Å²) in [6, 6.07) is 0. The maximum atomic E-state index is 6.75. The number of rotatable bonds is 15. The van der Waals surface area contributed by atoms with Gasteiger partial charge in [-0.2, -0.15) is 0 Å². The second-order valence-corrected chi connectivity index (χ2v) is 7.44. The average Bonchev–Trinajstić information content (AvgIpc) is 2.43. The number of hydrogen-bond donors (Lipinski definition) is 0. The van der Waals surface area contributed by atoms with Gasteiger partial charge in [0, 0.05) is 0 Å². The molecule has 2 atom stereocenters. The van der Waals surface area contributed by atoms with Gasteiger partial charge in [-0.3, -0.25) is 0 Å². The molecule has 2 radical (unpaired) electrons. The molecule has 0 heterocycles. The van der Waals surface area contributed by atoms with Crippen LogP contribution in [0, 0.1) is 5.92 Å². The van der Waals surface area contributed by atoms with Crippen LogP contribution in [0.5, 0.6) is 0 Å². The molecular formula is C20H41B. The second kappa shape index (κ2) is 13.7. The Bertz CT molecular complexity index is 214. The summed E-state index contributed by atoms with van der Waals surface area (Å²) in [4.78, 5) is 0. The SMILES string of the molecule is [B]C(CCC)(CCCCCCCC)CC(C)CCCCC. The standard InChI is InChI=1S/C20H41B/c1-5-8-10-11-12-14-17-20(21,16-7-3)18-19(4)15-13-9-6-2/h19H,5-18H2,1-4H3. The van der Waals surface area contributed by atoms with Gasteiger partial charge in [0.15, 0.2) is 0 Å². The van der Waals surface area contributed by atoms with Crippen LogP contribution < -0.4 is 0 Å². The van der Waals surface area contributed by atoms with E-state index in [9.17, 15) is 0 Å². The minimum absolute atomic E-state index is 0.116. The molecule has 124 valence electrons. The summed E-state index contributed by atoms with van der Waals surface area (Å²) < 4.78 is 0. The summed E-state index contributed by atoms with van der Waals surface area (Å²) >= 11 is 0. The van der Waals surface area contributed by atoms with E-state index in [1.165, 1.54) is 89.9 Å². The Labute approximate surface area is 137 Å². The van der Waals surface area contributed by atoms with E-state index in [4.69, 9.17) is 7.85 Å². The van der Waals surface area contributed by atoms with Gasteiger partial charge in [-0.25, -0.2) is 0 Å². The zero-order chi connectivity index (χ0) is 16.0. The molecular weight excluding hydrogens is 251 g/mol. The molecule has 1 heteroatoms. The molecule has 0 fully saturated rings. The molecule has 0 aromatic carbocycles. The molecule has 0 saturated heterocycles. The number of hydrogen-bond acceptors (Lipinski definition) is 0. The topological polar surface area (TPSA) is 0 Å². The molecule has 0 saturated carbocycles. The minimum Gasteiger partial charge on any atom is -0.0658 e. The van der Waals surface area contributed by atoms with Gasteiger partial charge >= 0.3 is 0 Å². The zero-order valence-electron chi connectivity index (χ0n) is 15.6. The molecule has 0 rings (SSSR count). The van der Waals surface area contributed by atoms with Gasteiger partial charge in [0.2, 0.25) is 0 Å². The first-order valence-corrected chi connectivity index (χ1v) is 9.86. The van der Waals surface area contributed by atoms with E-state index in [2.05, 4.69) is 27.7 Å². The highest BCUT2D eigenvalue weighted by Crippen LogP contribution is 2.42. The molecule has 0 aromatic rings. The van der Waals surface area contributed by atoms with Crippen LogP contribution in [0.1, 0.15) is 118 Å². The fourth-order valence-corrected chi connectivity index (χ4v) is 3.62. The second-order valence-electron chi connectivity index (χ2n) is 7.44. The molecule has 0 aromatic heterocycles. The van der Waals surface area contributed by atoms with Crippen molar-refractivity contribution in [3.63, 3.8) is 0 Å². The first-order valence-electron chi connectivity index (χ1n) is 9.86. The van der Waals surface area contributed by atoms with Crippen LogP contribution in [0.3, 0.4) is 0 Å². The monoisotopic (exact) mass is 292 g/mol. The van der Waals surface area contributed by atoms with Crippen molar-refractivity contribution in [3.05, 3.63) is 0 Å². The van der Waals surface area contributed by atoms with Gasteiger partial charge < -0.3 is 0 Å². The highest BCUT2D eigenvalue weighted by atomic mass is 14.3. The van der Waals surface area contributed by atoms with Gasteiger partial charge in [0.1, 0.15) is 0 Å². The molecule has 0 aliphatic heterocycles. The van der Waals surface area contributed by atoms with E-state index < -0.39 is 0 Å². The quantitative estimate of drug-likeness (QED) is 0.217. The fraction of sp³-hybridized carbons (Fsp3) is 1.00. The third-order valence-corrected chi connectivity index (χ3v) is 4.83. The van der Waals surface area contributed by atoms with Gasteiger partial charge in [0.05, 0.1) is 7.85 Å². The lowest BCUT2D eigenvalue weighted by Crippen LogP contribution is -2.17. The predicted molar refractivity (Wildman–Crippen MR) is 99.3 cm³/mol. The molecule has 0 spiro atoms. The van der Waals surface area contributed by atoms with Gasteiger partial charge in [-0.15, -0.1) is 0 Å². The van der Waals surface area contributed by atoms with Crippen molar-refractivity contribution in [1.82, 2.24) is 0 Å². The number of unbranched alkanes of at least 4 members (excludes halogenated alkanes) is 7. The predicted octanol–water partition coefficient (Wildman–Crippen LogP) is 7.47. The van der Waals surface area contributed by atoms with Crippen LogP contribution >= 0.6 is 0 Å². The molecule has 0 aliphatic carbocycles. The Kier molecular flexibility index (Phi) is 13.8. The van der Waals surface area contributed by atoms with Crippen molar-refractivity contribution in [2.75, 3.05) is 0 Å². The molecule has 21 heavy (non-hydrogen) atoms. The van der Waals surface area contributed by atoms with Gasteiger partial charge in [-0.1, -0.05) is 123 Å². The van der Waals surface area contributed by atoms with Crippen molar-refractivity contribution < 1.29 is 0 Å².